The Morgan fingerprint density at radius 1 is 0.460 bits per heavy atom. The number of rotatable bonds is 5. The van der Waals surface area contributed by atoms with E-state index in [-0.39, 0.29) is 11.8 Å². The van der Waals surface area contributed by atoms with Crippen molar-refractivity contribution in [3.05, 3.63) is 186 Å². The first-order chi connectivity index (χ1) is 24.6. The molecular formula is C45H27N3O2. The Balaban J connectivity index is 1.29. The van der Waals surface area contributed by atoms with Crippen LogP contribution in [0.3, 0.4) is 0 Å². The van der Waals surface area contributed by atoms with Crippen molar-refractivity contribution < 1.29 is 9.59 Å². The molecule has 1 aliphatic heterocycles. The van der Waals surface area contributed by atoms with E-state index in [0.717, 1.165) is 55.2 Å². The number of fused-ring (bicyclic) bond motifs is 4. The van der Waals surface area contributed by atoms with Crippen LogP contribution in [0.5, 0.6) is 0 Å². The van der Waals surface area contributed by atoms with Crippen LogP contribution in [0.15, 0.2) is 164 Å². The minimum atomic E-state index is -0.374. The van der Waals surface area contributed by atoms with E-state index >= 15 is 0 Å². The van der Waals surface area contributed by atoms with Gasteiger partial charge in [0.15, 0.2) is 5.69 Å². The number of amides is 2. The van der Waals surface area contributed by atoms with Crippen LogP contribution in [-0.4, -0.2) is 16.4 Å². The van der Waals surface area contributed by atoms with Gasteiger partial charge in [-0.05, 0) is 52.6 Å². The molecule has 50 heavy (non-hydrogen) atoms. The molecule has 0 spiro atoms. The van der Waals surface area contributed by atoms with E-state index in [1.807, 2.05) is 140 Å². The Kier molecular flexibility index (Phi) is 6.75. The Labute approximate surface area is 288 Å². The summed E-state index contributed by atoms with van der Waals surface area (Å²) in [6, 6.07) is 53.2. The van der Waals surface area contributed by atoms with Gasteiger partial charge < -0.3 is 4.57 Å². The molecule has 1 aliphatic rings. The summed E-state index contributed by atoms with van der Waals surface area (Å²) in [7, 11) is 0. The van der Waals surface area contributed by atoms with Crippen molar-refractivity contribution >= 4 is 45.0 Å². The molecule has 0 aliphatic carbocycles. The molecule has 0 bridgehead atoms. The normalized spacial score (nSPS) is 12.4. The van der Waals surface area contributed by atoms with Gasteiger partial charge in [-0.1, -0.05) is 133 Å². The fourth-order valence-corrected chi connectivity index (χ4v) is 7.31. The molecule has 234 valence electrons. The Hall–Kier alpha value is -7.03. The number of hydrogen-bond acceptors (Lipinski definition) is 2. The van der Waals surface area contributed by atoms with Gasteiger partial charge in [-0.25, -0.2) is 9.74 Å². The maximum absolute atomic E-state index is 14.9. The van der Waals surface area contributed by atoms with Crippen LogP contribution in [0, 0.1) is 6.57 Å². The number of anilines is 1. The Bertz CT molecular complexity index is 2700. The molecule has 5 nitrogen and oxygen atoms in total. The zero-order chi connectivity index (χ0) is 33.8. The average molecular weight is 642 g/mol. The predicted molar refractivity (Wildman–Crippen MR) is 201 cm³/mol. The number of benzene rings is 7. The van der Waals surface area contributed by atoms with Crippen molar-refractivity contribution in [2.24, 2.45) is 0 Å². The molecule has 0 saturated heterocycles. The molecule has 0 N–H and O–H groups in total. The first kappa shape index (κ1) is 29.1. The van der Waals surface area contributed by atoms with Crippen LogP contribution in [0.2, 0.25) is 0 Å². The number of aromatic nitrogens is 1. The molecule has 2 heterocycles. The second-order valence-electron chi connectivity index (χ2n) is 12.3. The van der Waals surface area contributed by atoms with Gasteiger partial charge in [0, 0.05) is 21.9 Å². The molecule has 8 aromatic rings. The van der Waals surface area contributed by atoms with Gasteiger partial charge in [-0.2, -0.15) is 0 Å². The topological polar surface area (TPSA) is 46.7 Å². The third-order valence-corrected chi connectivity index (χ3v) is 9.55. The maximum Gasteiger partial charge on any atom is 0.268 e. The molecular weight excluding hydrogens is 615 g/mol. The van der Waals surface area contributed by atoms with Crippen molar-refractivity contribution in [3.63, 3.8) is 0 Å². The second kappa shape index (κ2) is 11.6. The van der Waals surface area contributed by atoms with E-state index in [4.69, 9.17) is 6.57 Å². The third-order valence-electron chi connectivity index (χ3n) is 9.55. The van der Waals surface area contributed by atoms with E-state index < -0.39 is 0 Å². The number of para-hydroxylation sites is 2. The lowest BCUT2D eigenvalue weighted by Gasteiger charge is -2.20. The van der Waals surface area contributed by atoms with Crippen LogP contribution < -0.4 is 4.90 Å². The molecule has 9 rings (SSSR count). The second-order valence-corrected chi connectivity index (χ2v) is 12.3. The molecule has 0 atom stereocenters. The molecule has 2 amide bonds. The fourth-order valence-electron chi connectivity index (χ4n) is 7.31. The maximum atomic E-state index is 14.9. The zero-order valence-electron chi connectivity index (χ0n) is 26.7. The lowest BCUT2D eigenvalue weighted by molar-refractivity contribution is 0.0926. The minimum absolute atomic E-state index is 0.356. The van der Waals surface area contributed by atoms with E-state index in [2.05, 4.69) is 21.5 Å². The molecule has 0 radical (unpaired) electrons. The van der Waals surface area contributed by atoms with Crippen molar-refractivity contribution in [1.29, 1.82) is 0 Å². The highest BCUT2D eigenvalue weighted by atomic mass is 16.2. The molecule has 7 aromatic carbocycles. The predicted octanol–water partition coefficient (Wildman–Crippen LogP) is 11.1. The molecule has 0 fully saturated rings. The van der Waals surface area contributed by atoms with Crippen molar-refractivity contribution in [1.82, 2.24) is 4.57 Å². The van der Waals surface area contributed by atoms with E-state index in [1.54, 1.807) is 12.1 Å². The van der Waals surface area contributed by atoms with Gasteiger partial charge in [0.05, 0.1) is 40.1 Å². The first-order valence-electron chi connectivity index (χ1n) is 16.4. The average Bonchev–Trinajstić information content (AvgIpc) is 3.66. The smallest absolute Gasteiger partial charge is 0.268 e. The summed E-state index contributed by atoms with van der Waals surface area (Å²) >= 11 is 0. The van der Waals surface area contributed by atoms with Crippen molar-refractivity contribution in [2.45, 2.75) is 0 Å². The molecule has 0 unspecified atom stereocenters. The van der Waals surface area contributed by atoms with Gasteiger partial charge in [0.1, 0.15) is 0 Å². The standard InChI is InChI=1S/C45H27N3O2/c1-46-33-18-10-17-32(27-33)35-20-11-21-37-36-19-8-9-23-39(36)47(43(35)37)40-24-12-22-38-42(40)45(50)48(44(38)49)41-28-31(29-13-4-2-5-14-29)25-26-34(41)30-15-6-3-7-16-30/h2-28H. The van der Waals surface area contributed by atoms with E-state index in [9.17, 15) is 9.59 Å². The van der Waals surface area contributed by atoms with Crippen LogP contribution in [-0.2, 0) is 0 Å². The summed E-state index contributed by atoms with van der Waals surface area (Å²) in [6.45, 7) is 7.62. The van der Waals surface area contributed by atoms with Crippen LogP contribution >= 0.6 is 0 Å². The lowest BCUT2D eigenvalue weighted by atomic mass is 9.97. The lowest BCUT2D eigenvalue weighted by Crippen LogP contribution is -2.30. The highest BCUT2D eigenvalue weighted by molar-refractivity contribution is 6.36. The van der Waals surface area contributed by atoms with Crippen LogP contribution in [0.1, 0.15) is 20.7 Å². The number of hydrogen-bond donors (Lipinski definition) is 0. The van der Waals surface area contributed by atoms with E-state index in [1.165, 1.54) is 4.90 Å². The monoisotopic (exact) mass is 641 g/mol. The number of imide groups is 1. The summed E-state index contributed by atoms with van der Waals surface area (Å²) in [4.78, 5) is 34.5. The summed E-state index contributed by atoms with van der Waals surface area (Å²) in [5, 5.41) is 2.04. The van der Waals surface area contributed by atoms with E-state index in [0.29, 0.717) is 28.2 Å². The van der Waals surface area contributed by atoms with Gasteiger partial charge in [-0.3, -0.25) is 9.59 Å². The molecule has 0 saturated carbocycles. The summed E-state index contributed by atoms with van der Waals surface area (Å²) < 4.78 is 2.11. The Morgan fingerprint density at radius 2 is 1.12 bits per heavy atom. The number of carbonyl (C=O) groups is 2. The van der Waals surface area contributed by atoms with Gasteiger partial charge in [0.2, 0.25) is 0 Å². The first-order valence-corrected chi connectivity index (χ1v) is 16.4. The third kappa shape index (κ3) is 4.47. The SMILES string of the molecule is [C-]#[N+]c1cccc(-c2cccc3c4ccccc4n(-c4cccc5c4C(=O)N(c4cc(-c6ccccc6)ccc4-c4ccccc4)C5=O)c23)c1. The largest absolute Gasteiger partial charge is 0.308 e. The molecule has 5 heteroatoms. The van der Waals surface area contributed by atoms with Crippen LogP contribution in [0.4, 0.5) is 11.4 Å². The van der Waals surface area contributed by atoms with Crippen molar-refractivity contribution in [2.75, 3.05) is 4.90 Å². The summed E-state index contributed by atoms with van der Waals surface area (Å²) in [6.07, 6.45) is 0. The number of nitrogens with zero attached hydrogens (tertiary/aromatic N) is 3. The highest BCUT2D eigenvalue weighted by Gasteiger charge is 2.40. The van der Waals surface area contributed by atoms with Gasteiger partial charge >= 0.3 is 0 Å². The summed E-state index contributed by atoms with van der Waals surface area (Å²) in [5.41, 5.74) is 9.67. The minimum Gasteiger partial charge on any atom is -0.308 e. The summed E-state index contributed by atoms with van der Waals surface area (Å²) in [5.74, 6) is -0.735. The van der Waals surface area contributed by atoms with Crippen LogP contribution in [0.25, 0.3) is 65.7 Å². The Morgan fingerprint density at radius 3 is 1.92 bits per heavy atom. The number of carbonyl (C=O) groups excluding carboxylic acids is 2. The zero-order valence-corrected chi connectivity index (χ0v) is 26.7. The van der Waals surface area contributed by atoms with Gasteiger partial charge in [-0.15, -0.1) is 0 Å². The van der Waals surface area contributed by atoms with Gasteiger partial charge in [0.25, 0.3) is 11.8 Å². The fraction of sp³-hybridized carbons (Fsp3) is 0. The molecule has 1 aromatic heterocycles. The van der Waals surface area contributed by atoms with Crippen molar-refractivity contribution in [3.8, 4) is 39.1 Å². The quantitative estimate of drug-likeness (QED) is 0.139. The highest BCUT2D eigenvalue weighted by Crippen LogP contribution is 2.43.